The van der Waals surface area contributed by atoms with Crippen molar-refractivity contribution in [3.8, 4) is 0 Å². The molecule has 23 heavy (non-hydrogen) atoms. The Morgan fingerprint density at radius 3 is 2.87 bits per heavy atom. The minimum atomic E-state index is -0.0784. The first-order valence-electron chi connectivity index (χ1n) is 8.38. The van der Waals surface area contributed by atoms with Gasteiger partial charge in [0.05, 0.1) is 16.1 Å². The molecule has 2 aromatic rings. The highest BCUT2D eigenvalue weighted by molar-refractivity contribution is 6.34. The van der Waals surface area contributed by atoms with Gasteiger partial charge in [0.15, 0.2) is 0 Å². The predicted octanol–water partition coefficient (Wildman–Crippen LogP) is 3.44. The highest BCUT2D eigenvalue weighted by atomic mass is 35.5. The monoisotopic (exact) mass is 334 g/mol. The van der Waals surface area contributed by atoms with E-state index < -0.39 is 0 Å². The van der Waals surface area contributed by atoms with E-state index in [0.717, 1.165) is 17.8 Å². The van der Waals surface area contributed by atoms with Crippen LogP contribution in [0.2, 0.25) is 5.02 Å². The molecule has 0 aromatic carbocycles. The van der Waals surface area contributed by atoms with E-state index in [2.05, 4.69) is 5.32 Å². The molecule has 1 fully saturated rings. The largest absolute Gasteiger partial charge is 0.396 e. The van der Waals surface area contributed by atoms with Gasteiger partial charge in [0.25, 0.3) is 5.91 Å². The summed E-state index contributed by atoms with van der Waals surface area (Å²) in [6, 6.07) is 5.48. The highest BCUT2D eigenvalue weighted by Crippen LogP contribution is 2.26. The number of aliphatic hydroxyl groups excluding tert-OH is 1. The van der Waals surface area contributed by atoms with Gasteiger partial charge in [-0.25, -0.2) is 0 Å². The molecule has 0 spiro atoms. The molecular formula is C18H23ClN2O2. The van der Waals surface area contributed by atoms with E-state index in [1.165, 1.54) is 32.1 Å². The standard InChI is InChI=1S/C18H23ClN2O2/c19-16-7-4-9-21-14(8-10-22)11-15(17(16)21)18(23)20-12-13-5-2-1-3-6-13/h4,7,9,11,13,22H,1-3,5-6,8,10,12H2,(H,20,23). The second-order valence-corrected chi connectivity index (χ2v) is 6.72. The quantitative estimate of drug-likeness (QED) is 0.880. The number of pyridine rings is 1. The number of halogens is 1. The number of aromatic nitrogens is 1. The lowest BCUT2D eigenvalue weighted by Crippen LogP contribution is -2.30. The van der Waals surface area contributed by atoms with Crippen molar-refractivity contribution in [1.29, 1.82) is 0 Å². The van der Waals surface area contributed by atoms with E-state index in [1.807, 2.05) is 22.7 Å². The second kappa shape index (κ2) is 7.37. The van der Waals surface area contributed by atoms with Gasteiger partial charge in [0, 0.05) is 31.5 Å². The molecule has 1 amide bonds. The summed E-state index contributed by atoms with van der Waals surface area (Å²) < 4.78 is 1.90. The topological polar surface area (TPSA) is 53.7 Å². The van der Waals surface area contributed by atoms with Gasteiger partial charge >= 0.3 is 0 Å². The molecule has 0 saturated heterocycles. The van der Waals surface area contributed by atoms with E-state index in [4.69, 9.17) is 11.6 Å². The van der Waals surface area contributed by atoms with Crippen LogP contribution in [0.3, 0.4) is 0 Å². The van der Waals surface area contributed by atoms with Crippen molar-refractivity contribution < 1.29 is 9.90 Å². The van der Waals surface area contributed by atoms with Crippen LogP contribution >= 0.6 is 11.6 Å². The molecule has 3 rings (SSSR count). The van der Waals surface area contributed by atoms with Gasteiger partial charge in [0.2, 0.25) is 0 Å². The Hall–Kier alpha value is -1.52. The smallest absolute Gasteiger partial charge is 0.253 e. The lowest BCUT2D eigenvalue weighted by molar-refractivity contribution is 0.0945. The maximum atomic E-state index is 12.6. The summed E-state index contributed by atoms with van der Waals surface area (Å²) in [6.07, 6.45) is 8.63. The molecule has 2 aromatic heterocycles. The molecule has 0 unspecified atom stereocenters. The number of nitrogens with zero attached hydrogens (tertiary/aromatic N) is 1. The van der Waals surface area contributed by atoms with E-state index in [-0.39, 0.29) is 12.5 Å². The number of nitrogens with one attached hydrogen (secondary N) is 1. The summed E-state index contributed by atoms with van der Waals surface area (Å²) in [4.78, 5) is 12.6. The number of aliphatic hydroxyl groups is 1. The third kappa shape index (κ3) is 3.54. The number of carbonyl (C=O) groups excluding carboxylic acids is 1. The molecule has 2 heterocycles. The fraction of sp³-hybridized carbons (Fsp3) is 0.500. The summed E-state index contributed by atoms with van der Waals surface area (Å²) >= 11 is 6.31. The van der Waals surface area contributed by atoms with Crippen LogP contribution in [0.4, 0.5) is 0 Å². The Balaban J connectivity index is 1.81. The van der Waals surface area contributed by atoms with Crippen molar-refractivity contribution in [2.75, 3.05) is 13.2 Å². The summed E-state index contributed by atoms with van der Waals surface area (Å²) in [5.41, 5.74) is 2.21. The normalized spacial score (nSPS) is 15.9. The van der Waals surface area contributed by atoms with Gasteiger partial charge in [0.1, 0.15) is 0 Å². The van der Waals surface area contributed by atoms with Crippen molar-refractivity contribution in [3.63, 3.8) is 0 Å². The van der Waals surface area contributed by atoms with Crippen molar-refractivity contribution in [1.82, 2.24) is 9.72 Å². The molecule has 0 radical (unpaired) electrons. The number of hydrogen-bond donors (Lipinski definition) is 2. The SMILES string of the molecule is O=C(NCC1CCCCC1)c1cc(CCO)n2cccc(Cl)c12. The number of fused-ring (bicyclic) bond motifs is 1. The van der Waals surface area contributed by atoms with Crippen LogP contribution < -0.4 is 5.32 Å². The van der Waals surface area contributed by atoms with Crippen molar-refractivity contribution in [3.05, 3.63) is 40.7 Å². The minimum Gasteiger partial charge on any atom is -0.396 e. The molecular weight excluding hydrogens is 312 g/mol. The predicted molar refractivity (Wildman–Crippen MR) is 92.1 cm³/mol. The zero-order valence-electron chi connectivity index (χ0n) is 13.2. The van der Waals surface area contributed by atoms with Crippen LogP contribution in [-0.4, -0.2) is 28.6 Å². The number of carbonyl (C=O) groups is 1. The van der Waals surface area contributed by atoms with Crippen molar-refractivity contribution in [2.24, 2.45) is 5.92 Å². The molecule has 4 nitrogen and oxygen atoms in total. The van der Waals surface area contributed by atoms with Crippen LogP contribution in [0.5, 0.6) is 0 Å². The van der Waals surface area contributed by atoms with E-state index >= 15 is 0 Å². The number of hydrogen-bond acceptors (Lipinski definition) is 2. The van der Waals surface area contributed by atoms with Crippen molar-refractivity contribution in [2.45, 2.75) is 38.5 Å². The van der Waals surface area contributed by atoms with Crippen LogP contribution in [0.25, 0.3) is 5.52 Å². The fourth-order valence-electron chi connectivity index (χ4n) is 3.49. The lowest BCUT2D eigenvalue weighted by Gasteiger charge is -2.21. The maximum Gasteiger partial charge on any atom is 0.253 e. The van der Waals surface area contributed by atoms with Gasteiger partial charge in [-0.2, -0.15) is 0 Å². The number of amides is 1. The van der Waals surface area contributed by atoms with Gasteiger partial charge in [-0.15, -0.1) is 0 Å². The van der Waals surface area contributed by atoms with Crippen LogP contribution in [0.1, 0.15) is 48.2 Å². The van der Waals surface area contributed by atoms with Gasteiger partial charge in [-0.05, 0) is 37.0 Å². The third-order valence-electron chi connectivity index (χ3n) is 4.71. The first-order valence-corrected chi connectivity index (χ1v) is 8.76. The Morgan fingerprint density at radius 1 is 1.35 bits per heavy atom. The zero-order valence-corrected chi connectivity index (χ0v) is 14.0. The van der Waals surface area contributed by atoms with Gasteiger partial charge < -0.3 is 14.8 Å². The average Bonchev–Trinajstić information content (AvgIpc) is 2.94. The van der Waals surface area contributed by atoms with Crippen molar-refractivity contribution >= 4 is 23.0 Å². The van der Waals surface area contributed by atoms with Gasteiger partial charge in [-0.3, -0.25) is 4.79 Å². The highest BCUT2D eigenvalue weighted by Gasteiger charge is 2.19. The molecule has 0 aliphatic heterocycles. The Kier molecular flexibility index (Phi) is 5.23. The minimum absolute atomic E-state index is 0.0434. The van der Waals surface area contributed by atoms with Crippen LogP contribution in [-0.2, 0) is 6.42 Å². The molecule has 124 valence electrons. The summed E-state index contributed by atoms with van der Waals surface area (Å²) in [5.74, 6) is 0.513. The van der Waals surface area contributed by atoms with Gasteiger partial charge in [-0.1, -0.05) is 30.9 Å². The fourth-order valence-corrected chi connectivity index (χ4v) is 3.75. The molecule has 0 bridgehead atoms. The van der Waals surface area contributed by atoms with Crippen LogP contribution in [0, 0.1) is 5.92 Å². The first-order chi connectivity index (χ1) is 11.2. The molecule has 5 heteroatoms. The number of rotatable bonds is 5. The van der Waals surface area contributed by atoms with E-state index in [0.29, 0.717) is 22.9 Å². The second-order valence-electron chi connectivity index (χ2n) is 6.31. The Labute approximate surface area is 141 Å². The third-order valence-corrected chi connectivity index (χ3v) is 5.01. The molecule has 1 aliphatic carbocycles. The molecule has 0 atom stereocenters. The Morgan fingerprint density at radius 2 is 2.13 bits per heavy atom. The zero-order chi connectivity index (χ0) is 16.2. The van der Waals surface area contributed by atoms with E-state index in [1.54, 1.807) is 6.07 Å². The summed E-state index contributed by atoms with van der Waals surface area (Å²) in [6.45, 7) is 0.776. The molecule has 2 N–H and O–H groups in total. The summed E-state index contributed by atoms with van der Waals surface area (Å²) in [7, 11) is 0. The molecule has 1 saturated carbocycles. The summed E-state index contributed by atoms with van der Waals surface area (Å²) in [5, 5.41) is 12.8. The molecule has 1 aliphatic rings. The maximum absolute atomic E-state index is 12.6. The lowest BCUT2D eigenvalue weighted by atomic mass is 9.89. The Bertz CT molecular complexity index is 690. The van der Waals surface area contributed by atoms with E-state index in [9.17, 15) is 9.90 Å². The average molecular weight is 335 g/mol. The first kappa shape index (κ1) is 16.3. The van der Waals surface area contributed by atoms with Crippen LogP contribution in [0.15, 0.2) is 24.4 Å².